The van der Waals surface area contributed by atoms with Gasteiger partial charge in [0.25, 0.3) is 0 Å². The predicted molar refractivity (Wildman–Crippen MR) is 88.2 cm³/mol. The van der Waals surface area contributed by atoms with Crippen LogP contribution in [0.1, 0.15) is 24.8 Å². The minimum atomic E-state index is -0.418. The number of hydrogen-bond donors (Lipinski definition) is 1. The third-order valence-corrected chi connectivity index (χ3v) is 4.85. The summed E-state index contributed by atoms with van der Waals surface area (Å²) in [6.07, 6.45) is 2.04. The number of likely N-dealkylation sites (tertiary alicyclic amines) is 1. The molecule has 1 aromatic carbocycles. The summed E-state index contributed by atoms with van der Waals surface area (Å²) >= 11 is 6.11. The third-order valence-electron chi connectivity index (χ3n) is 4.48. The van der Waals surface area contributed by atoms with Crippen molar-refractivity contribution in [3.05, 3.63) is 34.9 Å². The molecule has 23 heavy (non-hydrogen) atoms. The van der Waals surface area contributed by atoms with Crippen LogP contribution in [0.25, 0.3) is 0 Å². The van der Waals surface area contributed by atoms with Crippen LogP contribution in [0.2, 0.25) is 5.02 Å². The van der Waals surface area contributed by atoms with Crippen molar-refractivity contribution in [1.82, 2.24) is 10.2 Å². The number of halogens is 1. The fraction of sp³-hybridized carbons (Fsp3) is 0.588. The number of piperidine rings is 1. The predicted octanol–water partition coefficient (Wildman–Crippen LogP) is 2.19. The van der Waals surface area contributed by atoms with Gasteiger partial charge in [-0.25, -0.2) is 0 Å². The average molecular weight is 339 g/mol. The highest BCUT2D eigenvalue weighted by Crippen LogP contribution is 2.31. The number of hydrogen-bond acceptors (Lipinski definition) is 4. The summed E-state index contributed by atoms with van der Waals surface area (Å²) in [5, 5.41) is 4.03. The molecule has 0 aliphatic carbocycles. The quantitative estimate of drug-likeness (QED) is 0.836. The molecule has 5 nitrogen and oxygen atoms in total. The zero-order valence-corrected chi connectivity index (χ0v) is 14.0. The summed E-state index contributed by atoms with van der Waals surface area (Å²) in [5.74, 6) is -0.233. The van der Waals surface area contributed by atoms with Crippen LogP contribution < -0.4 is 5.32 Å². The van der Waals surface area contributed by atoms with Gasteiger partial charge in [0.05, 0.1) is 13.2 Å². The number of nitrogens with zero attached hydrogens (tertiary/aromatic N) is 1. The highest BCUT2D eigenvalue weighted by molar-refractivity contribution is 6.31. The van der Waals surface area contributed by atoms with Crippen LogP contribution in [0.3, 0.4) is 0 Å². The maximum Gasteiger partial charge on any atom is 0.223 e. The molecule has 6 heteroatoms. The van der Waals surface area contributed by atoms with Crippen molar-refractivity contribution in [3.8, 4) is 0 Å². The second kappa shape index (κ2) is 7.62. The van der Waals surface area contributed by atoms with Crippen molar-refractivity contribution in [3.63, 3.8) is 0 Å². The molecule has 2 heterocycles. The molecule has 1 aromatic rings. The first-order chi connectivity index (χ1) is 11.2. The van der Waals surface area contributed by atoms with E-state index < -0.39 is 5.79 Å². The summed E-state index contributed by atoms with van der Waals surface area (Å²) in [4.78, 5) is 14.2. The van der Waals surface area contributed by atoms with Gasteiger partial charge in [0.15, 0.2) is 5.79 Å². The molecule has 1 N–H and O–H groups in total. The van der Waals surface area contributed by atoms with Gasteiger partial charge in [-0.1, -0.05) is 29.8 Å². The lowest BCUT2D eigenvalue weighted by Gasteiger charge is -2.37. The Labute approximate surface area is 141 Å². The maximum atomic E-state index is 12.3. The van der Waals surface area contributed by atoms with Crippen LogP contribution in [0, 0.1) is 0 Å². The van der Waals surface area contributed by atoms with Gasteiger partial charge >= 0.3 is 0 Å². The van der Waals surface area contributed by atoms with Gasteiger partial charge in [-0.2, -0.15) is 0 Å². The maximum absolute atomic E-state index is 12.3. The van der Waals surface area contributed by atoms with E-state index in [-0.39, 0.29) is 5.91 Å². The minimum Gasteiger partial charge on any atom is -0.347 e. The number of ether oxygens (including phenoxy) is 2. The van der Waals surface area contributed by atoms with E-state index in [0.29, 0.717) is 45.8 Å². The van der Waals surface area contributed by atoms with Crippen molar-refractivity contribution >= 4 is 17.5 Å². The average Bonchev–Trinajstić information content (AvgIpc) is 3.02. The second-order valence-corrected chi connectivity index (χ2v) is 6.41. The van der Waals surface area contributed by atoms with Gasteiger partial charge in [0.2, 0.25) is 5.91 Å². The van der Waals surface area contributed by atoms with E-state index in [1.54, 1.807) is 0 Å². The first kappa shape index (κ1) is 16.7. The summed E-state index contributed by atoms with van der Waals surface area (Å²) in [6.45, 7) is 4.09. The molecule has 2 saturated heterocycles. The van der Waals surface area contributed by atoms with Gasteiger partial charge in [-0.3, -0.25) is 4.79 Å². The molecular formula is C17H23ClN2O3. The monoisotopic (exact) mass is 338 g/mol. The smallest absolute Gasteiger partial charge is 0.223 e. The van der Waals surface area contributed by atoms with Crippen molar-refractivity contribution < 1.29 is 14.3 Å². The lowest BCUT2D eigenvalue weighted by atomic mass is 10.0. The first-order valence-corrected chi connectivity index (χ1v) is 8.56. The molecule has 126 valence electrons. The Bertz CT molecular complexity index is 536. The highest BCUT2D eigenvalue weighted by Gasteiger charge is 2.40. The van der Waals surface area contributed by atoms with Gasteiger partial charge in [0.1, 0.15) is 0 Å². The van der Waals surface area contributed by atoms with E-state index in [0.717, 1.165) is 23.4 Å². The van der Waals surface area contributed by atoms with Gasteiger partial charge in [-0.15, -0.1) is 0 Å². The standard InChI is InChI=1S/C17H23ClN2O3/c18-15-4-2-1-3-14(15)13-19-8-5-16(21)20-9-6-17(7-10-20)22-11-12-23-17/h1-4,19H,5-13H2. The van der Waals surface area contributed by atoms with Crippen molar-refractivity contribution in [2.75, 3.05) is 32.8 Å². The SMILES string of the molecule is O=C(CCNCc1ccccc1Cl)N1CCC2(CC1)OCCO2. The number of nitrogens with one attached hydrogen (secondary N) is 1. The lowest BCUT2D eigenvalue weighted by Crippen LogP contribution is -2.47. The number of rotatable bonds is 5. The molecule has 2 aliphatic heterocycles. The van der Waals surface area contributed by atoms with Crippen LogP contribution in [0.5, 0.6) is 0 Å². The van der Waals surface area contributed by atoms with E-state index in [4.69, 9.17) is 21.1 Å². The van der Waals surface area contributed by atoms with E-state index in [1.165, 1.54) is 0 Å². The van der Waals surface area contributed by atoms with Crippen LogP contribution in [-0.2, 0) is 20.8 Å². The Hall–Kier alpha value is -1.14. The second-order valence-electron chi connectivity index (χ2n) is 6.01. The Morgan fingerprint density at radius 3 is 2.61 bits per heavy atom. The highest BCUT2D eigenvalue weighted by atomic mass is 35.5. The molecule has 1 amide bonds. The molecule has 0 saturated carbocycles. The first-order valence-electron chi connectivity index (χ1n) is 8.18. The van der Waals surface area contributed by atoms with Crippen LogP contribution in [0.4, 0.5) is 0 Å². The molecular weight excluding hydrogens is 316 g/mol. The Balaban J connectivity index is 1.36. The number of carbonyl (C=O) groups excluding carboxylic acids is 1. The van der Waals surface area contributed by atoms with Crippen LogP contribution in [-0.4, -0.2) is 49.4 Å². The lowest BCUT2D eigenvalue weighted by molar-refractivity contribution is -0.187. The van der Waals surface area contributed by atoms with Crippen molar-refractivity contribution in [2.24, 2.45) is 0 Å². The number of amides is 1. The summed E-state index contributed by atoms with van der Waals surface area (Å²) in [5.41, 5.74) is 1.05. The fourth-order valence-corrected chi connectivity index (χ4v) is 3.30. The van der Waals surface area contributed by atoms with Crippen LogP contribution >= 0.6 is 11.6 Å². The zero-order valence-electron chi connectivity index (χ0n) is 13.2. The minimum absolute atomic E-state index is 0.185. The molecule has 0 atom stereocenters. The van der Waals surface area contributed by atoms with Gasteiger partial charge in [-0.05, 0) is 11.6 Å². The summed E-state index contributed by atoms with van der Waals surface area (Å²) in [6, 6.07) is 7.74. The molecule has 0 aromatic heterocycles. The molecule has 2 aliphatic rings. The van der Waals surface area contributed by atoms with E-state index in [1.807, 2.05) is 29.2 Å². The molecule has 0 bridgehead atoms. The Kier molecular flexibility index (Phi) is 5.54. The molecule has 0 radical (unpaired) electrons. The van der Waals surface area contributed by atoms with Gasteiger partial charge < -0.3 is 19.7 Å². The molecule has 1 spiro atoms. The van der Waals surface area contributed by atoms with Crippen LogP contribution in [0.15, 0.2) is 24.3 Å². The number of benzene rings is 1. The number of carbonyl (C=O) groups is 1. The summed E-state index contributed by atoms with van der Waals surface area (Å²) < 4.78 is 11.4. The Morgan fingerprint density at radius 2 is 1.91 bits per heavy atom. The zero-order chi connectivity index (χ0) is 16.1. The molecule has 2 fully saturated rings. The summed E-state index contributed by atoms with van der Waals surface area (Å²) in [7, 11) is 0. The van der Waals surface area contributed by atoms with E-state index >= 15 is 0 Å². The normalized spacial score (nSPS) is 20.1. The Morgan fingerprint density at radius 1 is 1.22 bits per heavy atom. The largest absolute Gasteiger partial charge is 0.347 e. The van der Waals surface area contributed by atoms with Crippen molar-refractivity contribution in [2.45, 2.75) is 31.6 Å². The topological polar surface area (TPSA) is 50.8 Å². The molecule has 3 rings (SSSR count). The van der Waals surface area contributed by atoms with Gasteiger partial charge in [0, 0.05) is 50.5 Å². The fourth-order valence-electron chi connectivity index (χ4n) is 3.10. The molecule has 0 unspecified atom stereocenters. The van der Waals surface area contributed by atoms with Crippen molar-refractivity contribution in [1.29, 1.82) is 0 Å². The van der Waals surface area contributed by atoms with E-state index in [9.17, 15) is 4.79 Å². The third kappa shape index (κ3) is 4.23. The van der Waals surface area contributed by atoms with E-state index in [2.05, 4.69) is 5.32 Å².